The van der Waals surface area contributed by atoms with Crippen molar-refractivity contribution in [2.45, 2.75) is 0 Å². The lowest BCUT2D eigenvalue weighted by Gasteiger charge is -2.36. The third-order valence-corrected chi connectivity index (χ3v) is 16.5. The van der Waals surface area contributed by atoms with Crippen molar-refractivity contribution in [3.63, 3.8) is 0 Å². The molecular weight excluding hydrogens is 707 g/mol. The van der Waals surface area contributed by atoms with Gasteiger partial charge in [-0.15, -0.1) is 0 Å². The first-order chi connectivity index (χ1) is 28.3. The van der Waals surface area contributed by atoms with Gasteiger partial charge in [0.2, 0.25) is 0 Å². The average Bonchev–Trinajstić information content (AvgIpc) is 3.84. The summed E-state index contributed by atoms with van der Waals surface area (Å²) in [6.07, 6.45) is 0. The number of nitrogens with zero attached hydrogens (tertiary/aromatic N) is 1. The van der Waals surface area contributed by atoms with Crippen LogP contribution in [0.25, 0.3) is 71.7 Å². The van der Waals surface area contributed by atoms with Gasteiger partial charge in [-0.2, -0.15) is 0 Å². The van der Waals surface area contributed by atoms with Crippen LogP contribution in [0.2, 0.25) is 0 Å². The molecule has 0 radical (unpaired) electrons. The van der Waals surface area contributed by atoms with E-state index in [2.05, 4.69) is 229 Å². The summed E-state index contributed by atoms with van der Waals surface area (Å²) in [5, 5.41) is 10.1. The van der Waals surface area contributed by atoms with E-state index in [4.69, 9.17) is 4.42 Å². The van der Waals surface area contributed by atoms with Crippen LogP contribution in [0.1, 0.15) is 0 Å². The smallest absolute Gasteiger partial charge is 0.179 e. The van der Waals surface area contributed by atoms with E-state index < -0.39 is 8.07 Å². The number of furan rings is 1. The molecule has 0 aliphatic carbocycles. The highest BCUT2D eigenvalue weighted by Gasteiger charge is 2.42. The molecule has 0 unspecified atom stereocenters. The molecule has 0 N–H and O–H groups in total. The molecule has 0 aliphatic heterocycles. The first kappa shape index (κ1) is 33.2. The monoisotopic (exact) mass is 743 g/mol. The van der Waals surface area contributed by atoms with Crippen LogP contribution in [0.15, 0.2) is 229 Å². The quantitative estimate of drug-likeness (QED) is 0.117. The Morgan fingerprint density at radius 2 is 0.789 bits per heavy atom. The molecule has 2 nitrogen and oxygen atoms in total. The van der Waals surface area contributed by atoms with Crippen molar-refractivity contribution >= 4 is 72.6 Å². The van der Waals surface area contributed by atoms with Gasteiger partial charge in [0.25, 0.3) is 0 Å². The van der Waals surface area contributed by atoms with Gasteiger partial charge in [0.15, 0.2) is 8.07 Å². The Hall–Kier alpha value is -7.20. The minimum atomic E-state index is -2.92. The van der Waals surface area contributed by atoms with Crippen molar-refractivity contribution in [3.8, 4) is 27.9 Å². The van der Waals surface area contributed by atoms with Crippen molar-refractivity contribution in [2.75, 3.05) is 0 Å². The number of rotatable bonds is 7. The van der Waals surface area contributed by atoms with Crippen LogP contribution >= 0.6 is 0 Å². The molecule has 0 spiro atoms. The summed E-state index contributed by atoms with van der Waals surface area (Å²) in [5.74, 6) is 0. The topological polar surface area (TPSA) is 18.1 Å². The van der Waals surface area contributed by atoms with Gasteiger partial charge < -0.3 is 8.98 Å². The molecule has 11 aromatic rings. The van der Waals surface area contributed by atoms with Crippen LogP contribution in [0.4, 0.5) is 0 Å². The van der Waals surface area contributed by atoms with Gasteiger partial charge >= 0.3 is 0 Å². The lowest BCUT2D eigenvalue weighted by Crippen LogP contribution is -2.74. The van der Waals surface area contributed by atoms with Gasteiger partial charge in [-0.1, -0.05) is 200 Å². The number of aromatic nitrogens is 1. The summed E-state index contributed by atoms with van der Waals surface area (Å²) in [6, 6.07) is 82.4. The molecule has 57 heavy (non-hydrogen) atoms. The standard InChI is InChI=1S/C54H37NOSi/c1-6-20-38(21-7-1)46-36-43(57(40-24-10-3-11-25-40,41-26-12-4-13-27-41)42-28-14-5-15-29-42)37-47(39-22-8-2-9-23-39)54(46)55-48-32-18-16-30-44(48)52-49(55)34-35-51-53(52)45-31-17-19-33-50(45)56-51/h1-37H. The zero-order chi connectivity index (χ0) is 37.8. The van der Waals surface area contributed by atoms with Crippen molar-refractivity contribution in [3.05, 3.63) is 224 Å². The van der Waals surface area contributed by atoms with Crippen LogP contribution in [0.3, 0.4) is 0 Å². The SMILES string of the molecule is c1ccc(-c2cc([Si](c3ccccc3)(c3ccccc3)c3ccccc3)cc(-c3ccccc3)c2-n2c3ccccc3c3c4c(ccc32)oc2ccccc24)cc1. The molecule has 0 atom stereocenters. The van der Waals surface area contributed by atoms with E-state index in [1.54, 1.807) is 0 Å². The molecule has 2 heterocycles. The summed E-state index contributed by atoms with van der Waals surface area (Å²) in [7, 11) is -2.92. The normalized spacial score (nSPS) is 11.9. The zero-order valence-corrected chi connectivity index (χ0v) is 32.2. The van der Waals surface area contributed by atoms with Crippen molar-refractivity contribution < 1.29 is 4.42 Å². The fraction of sp³-hybridized carbons (Fsp3) is 0. The van der Waals surface area contributed by atoms with Gasteiger partial charge in [0, 0.05) is 32.7 Å². The first-order valence-corrected chi connectivity index (χ1v) is 21.6. The molecule has 11 rings (SSSR count). The van der Waals surface area contributed by atoms with Crippen LogP contribution in [-0.2, 0) is 0 Å². The third-order valence-electron chi connectivity index (χ3n) is 11.7. The van der Waals surface area contributed by atoms with Crippen molar-refractivity contribution in [1.82, 2.24) is 4.57 Å². The number of hydrogen-bond acceptors (Lipinski definition) is 1. The highest BCUT2D eigenvalue weighted by atomic mass is 28.3. The molecule has 0 amide bonds. The summed E-state index contributed by atoms with van der Waals surface area (Å²) in [6.45, 7) is 0. The highest BCUT2D eigenvalue weighted by molar-refractivity contribution is 7.20. The lowest BCUT2D eigenvalue weighted by molar-refractivity contribution is 0.669. The van der Waals surface area contributed by atoms with Gasteiger partial charge in [0.1, 0.15) is 11.2 Å². The summed E-state index contributed by atoms with van der Waals surface area (Å²) >= 11 is 0. The Labute approximate surface area is 332 Å². The van der Waals surface area contributed by atoms with Crippen LogP contribution in [-0.4, -0.2) is 12.6 Å². The van der Waals surface area contributed by atoms with E-state index in [1.165, 1.54) is 53.8 Å². The minimum Gasteiger partial charge on any atom is -0.456 e. The highest BCUT2D eigenvalue weighted by Crippen LogP contribution is 2.45. The fourth-order valence-electron chi connectivity index (χ4n) is 9.35. The number of hydrogen-bond donors (Lipinski definition) is 0. The van der Waals surface area contributed by atoms with E-state index in [0.29, 0.717) is 0 Å². The van der Waals surface area contributed by atoms with Crippen LogP contribution < -0.4 is 20.7 Å². The second-order valence-electron chi connectivity index (χ2n) is 14.8. The van der Waals surface area contributed by atoms with Gasteiger partial charge in [0.05, 0.1) is 16.7 Å². The zero-order valence-electron chi connectivity index (χ0n) is 31.2. The Kier molecular flexibility index (Phi) is 7.87. The van der Waals surface area contributed by atoms with E-state index in [-0.39, 0.29) is 0 Å². The molecule has 9 aromatic carbocycles. The van der Waals surface area contributed by atoms with E-state index in [1.807, 2.05) is 0 Å². The Bertz CT molecular complexity index is 3050. The maximum absolute atomic E-state index is 6.49. The average molecular weight is 744 g/mol. The molecule has 2 aromatic heterocycles. The summed E-state index contributed by atoms with van der Waals surface area (Å²) in [5.41, 5.74) is 9.98. The number of benzene rings is 9. The molecule has 3 heteroatoms. The molecule has 0 saturated carbocycles. The molecule has 268 valence electrons. The maximum Gasteiger partial charge on any atom is 0.179 e. The maximum atomic E-state index is 6.49. The lowest BCUT2D eigenvalue weighted by atomic mass is 9.95. The molecule has 0 aliphatic rings. The second kappa shape index (κ2) is 13.5. The summed E-state index contributed by atoms with van der Waals surface area (Å²) < 4.78 is 9.01. The molecule has 0 saturated heterocycles. The van der Waals surface area contributed by atoms with E-state index >= 15 is 0 Å². The van der Waals surface area contributed by atoms with Gasteiger partial charge in [-0.25, -0.2) is 0 Å². The first-order valence-electron chi connectivity index (χ1n) is 19.6. The Morgan fingerprint density at radius 1 is 0.333 bits per heavy atom. The Morgan fingerprint density at radius 3 is 1.33 bits per heavy atom. The van der Waals surface area contributed by atoms with Crippen LogP contribution in [0, 0.1) is 0 Å². The fourth-order valence-corrected chi connectivity index (χ4v) is 14.1. The molecule has 0 fully saturated rings. The predicted octanol–water partition coefficient (Wildman–Crippen LogP) is 11.4. The molecular formula is C54H37NOSi. The van der Waals surface area contributed by atoms with Gasteiger partial charge in [-0.3, -0.25) is 0 Å². The second-order valence-corrected chi connectivity index (χ2v) is 18.6. The third kappa shape index (κ3) is 5.17. The summed E-state index contributed by atoms with van der Waals surface area (Å²) in [4.78, 5) is 0. The Balaban J connectivity index is 1.35. The van der Waals surface area contributed by atoms with E-state index in [0.717, 1.165) is 38.7 Å². The van der Waals surface area contributed by atoms with Gasteiger partial charge in [-0.05, 0) is 56.1 Å². The minimum absolute atomic E-state index is 0.901. The predicted molar refractivity (Wildman–Crippen MR) is 243 cm³/mol. The molecule has 0 bridgehead atoms. The number of fused-ring (bicyclic) bond motifs is 7. The van der Waals surface area contributed by atoms with Crippen LogP contribution in [0.5, 0.6) is 0 Å². The van der Waals surface area contributed by atoms with Crippen molar-refractivity contribution in [2.24, 2.45) is 0 Å². The van der Waals surface area contributed by atoms with E-state index in [9.17, 15) is 0 Å². The van der Waals surface area contributed by atoms with Crippen molar-refractivity contribution in [1.29, 1.82) is 0 Å². The largest absolute Gasteiger partial charge is 0.456 e. The number of para-hydroxylation sites is 2.